The molecule has 0 aliphatic heterocycles. The van der Waals surface area contributed by atoms with Crippen LogP contribution in [0.2, 0.25) is 0 Å². The molecule has 3 heteroatoms. The fourth-order valence-corrected chi connectivity index (χ4v) is 3.50. The van der Waals surface area contributed by atoms with Crippen molar-refractivity contribution in [1.82, 2.24) is 5.32 Å². The SMILES string of the molecule is O=C(NC1CCCCCC1)C1CCCCC1CO. The molecule has 104 valence electrons. The lowest BCUT2D eigenvalue weighted by atomic mass is 9.79. The number of carbonyl (C=O) groups is 1. The van der Waals surface area contributed by atoms with Crippen LogP contribution in [0.25, 0.3) is 0 Å². The molecular formula is C15H27NO2. The van der Waals surface area contributed by atoms with E-state index in [1.165, 1.54) is 32.1 Å². The normalized spacial score (nSPS) is 30.7. The van der Waals surface area contributed by atoms with Crippen molar-refractivity contribution in [3.8, 4) is 0 Å². The van der Waals surface area contributed by atoms with E-state index in [9.17, 15) is 9.90 Å². The molecule has 0 aromatic heterocycles. The van der Waals surface area contributed by atoms with Gasteiger partial charge in [-0.25, -0.2) is 0 Å². The molecule has 18 heavy (non-hydrogen) atoms. The van der Waals surface area contributed by atoms with Crippen LogP contribution >= 0.6 is 0 Å². The number of aliphatic hydroxyl groups excluding tert-OH is 1. The van der Waals surface area contributed by atoms with Crippen molar-refractivity contribution < 1.29 is 9.90 Å². The van der Waals surface area contributed by atoms with E-state index in [0.717, 1.165) is 32.1 Å². The van der Waals surface area contributed by atoms with Gasteiger partial charge in [0.25, 0.3) is 0 Å². The van der Waals surface area contributed by atoms with Crippen LogP contribution in [-0.4, -0.2) is 23.7 Å². The van der Waals surface area contributed by atoms with Gasteiger partial charge in [-0.1, -0.05) is 38.5 Å². The van der Waals surface area contributed by atoms with E-state index in [4.69, 9.17) is 0 Å². The Morgan fingerprint density at radius 1 is 0.944 bits per heavy atom. The summed E-state index contributed by atoms with van der Waals surface area (Å²) in [4.78, 5) is 12.3. The first kappa shape index (κ1) is 13.9. The molecule has 2 atom stereocenters. The van der Waals surface area contributed by atoms with Gasteiger partial charge in [0, 0.05) is 18.6 Å². The van der Waals surface area contributed by atoms with E-state index in [-0.39, 0.29) is 24.3 Å². The molecule has 2 unspecified atom stereocenters. The van der Waals surface area contributed by atoms with Crippen LogP contribution in [-0.2, 0) is 4.79 Å². The topological polar surface area (TPSA) is 49.3 Å². The van der Waals surface area contributed by atoms with Gasteiger partial charge in [-0.15, -0.1) is 0 Å². The lowest BCUT2D eigenvalue weighted by molar-refractivity contribution is -0.129. The molecule has 2 aliphatic rings. The Bertz CT molecular complexity index is 259. The smallest absolute Gasteiger partial charge is 0.223 e. The molecule has 0 heterocycles. The number of hydrogen-bond acceptors (Lipinski definition) is 2. The van der Waals surface area contributed by atoms with Gasteiger partial charge in [0.2, 0.25) is 5.91 Å². The largest absolute Gasteiger partial charge is 0.396 e. The van der Waals surface area contributed by atoms with Gasteiger partial charge in [-0.05, 0) is 31.6 Å². The summed E-state index contributed by atoms with van der Waals surface area (Å²) in [6, 6.07) is 0.390. The molecule has 3 nitrogen and oxygen atoms in total. The fourth-order valence-electron chi connectivity index (χ4n) is 3.50. The van der Waals surface area contributed by atoms with Gasteiger partial charge in [0.05, 0.1) is 0 Å². The zero-order chi connectivity index (χ0) is 12.8. The Balaban J connectivity index is 1.85. The quantitative estimate of drug-likeness (QED) is 0.760. The number of rotatable bonds is 3. The second-order valence-electron chi connectivity index (χ2n) is 6.03. The van der Waals surface area contributed by atoms with E-state index < -0.39 is 0 Å². The van der Waals surface area contributed by atoms with Crippen LogP contribution in [0.4, 0.5) is 0 Å². The Morgan fingerprint density at radius 3 is 2.22 bits per heavy atom. The summed E-state index contributed by atoms with van der Waals surface area (Å²) in [6.07, 6.45) is 11.7. The molecule has 2 aliphatic carbocycles. The van der Waals surface area contributed by atoms with Crippen LogP contribution in [0.5, 0.6) is 0 Å². The molecule has 0 aromatic rings. The molecule has 0 spiro atoms. The zero-order valence-corrected chi connectivity index (χ0v) is 11.4. The highest BCUT2D eigenvalue weighted by Gasteiger charge is 2.31. The van der Waals surface area contributed by atoms with Crippen molar-refractivity contribution in [2.24, 2.45) is 11.8 Å². The molecular weight excluding hydrogens is 226 g/mol. The number of hydrogen-bond donors (Lipinski definition) is 2. The van der Waals surface area contributed by atoms with Crippen molar-refractivity contribution >= 4 is 5.91 Å². The molecule has 0 bridgehead atoms. The zero-order valence-electron chi connectivity index (χ0n) is 11.4. The third kappa shape index (κ3) is 3.71. The maximum Gasteiger partial charge on any atom is 0.223 e. The monoisotopic (exact) mass is 253 g/mol. The van der Waals surface area contributed by atoms with E-state index in [2.05, 4.69) is 5.32 Å². The lowest BCUT2D eigenvalue weighted by Crippen LogP contribution is -2.42. The van der Waals surface area contributed by atoms with Crippen LogP contribution in [0, 0.1) is 11.8 Å². The summed E-state index contributed by atoms with van der Waals surface area (Å²) < 4.78 is 0. The first-order chi connectivity index (χ1) is 8.81. The minimum absolute atomic E-state index is 0.0620. The standard InChI is InChI=1S/C15H27NO2/c17-11-12-7-5-6-10-14(12)15(18)16-13-8-3-1-2-4-9-13/h12-14,17H,1-11H2,(H,16,18). The summed E-state index contributed by atoms with van der Waals surface area (Å²) in [7, 11) is 0. The average Bonchev–Trinajstić information content (AvgIpc) is 2.67. The third-order valence-corrected chi connectivity index (χ3v) is 4.68. The summed E-state index contributed by atoms with van der Waals surface area (Å²) >= 11 is 0. The molecule has 0 radical (unpaired) electrons. The highest BCUT2D eigenvalue weighted by atomic mass is 16.3. The van der Waals surface area contributed by atoms with Gasteiger partial charge in [-0.3, -0.25) is 4.79 Å². The van der Waals surface area contributed by atoms with Crippen molar-refractivity contribution in [3.63, 3.8) is 0 Å². The molecule has 0 saturated heterocycles. The first-order valence-corrected chi connectivity index (χ1v) is 7.72. The van der Waals surface area contributed by atoms with Gasteiger partial charge < -0.3 is 10.4 Å². The van der Waals surface area contributed by atoms with Crippen molar-refractivity contribution in [2.75, 3.05) is 6.61 Å². The molecule has 2 N–H and O–H groups in total. The van der Waals surface area contributed by atoms with E-state index >= 15 is 0 Å². The molecule has 1 amide bonds. The minimum Gasteiger partial charge on any atom is -0.396 e. The second-order valence-corrected chi connectivity index (χ2v) is 6.03. The Morgan fingerprint density at radius 2 is 1.56 bits per heavy atom. The summed E-state index contributed by atoms with van der Waals surface area (Å²) in [5.74, 6) is 0.470. The Kier molecular flexibility index (Phi) is 5.48. The Hall–Kier alpha value is -0.570. The predicted octanol–water partition coefficient (Wildman–Crippen LogP) is 2.62. The maximum atomic E-state index is 12.3. The minimum atomic E-state index is 0.0620. The molecule has 2 saturated carbocycles. The van der Waals surface area contributed by atoms with Gasteiger partial charge in [0.1, 0.15) is 0 Å². The molecule has 2 fully saturated rings. The van der Waals surface area contributed by atoms with Crippen LogP contribution in [0.15, 0.2) is 0 Å². The van der Waals surface area contributed by atoms with E-state index in [0.29, 0.717) is 6.04 Å². The third-order valence-electron chi connectivity index (χ3n) is 4.68. The molecule has 0 aromatic carbocycles. The fraction of sp³-hybridized carbons (Fsp3) is 0.933. The van der Waals surface area contributed by atoms with Crippen molar-refractivity contribution in [1.29, 1.82) is 0 Å². The summed E-state index contributed by atoms with van der Waals surface area (Å²) in [5.41, 5.74) is 0. The van der Waals surface area contributed by atoms with Crippen LogP contribution < -0.4 is 5.32 Å². The first-order valence-electron chi connectivity index (χ1n) is 7.72. The summed E-state index contributed by atoms with van der Waals surface area (Å²) in [5, 5.41) is 12.6. The van der Waals surface area contributed by atoms with Gasteiger partial charge in [0.15, 0.2) is 0 Å². The Labute approximate surface area is 110 Å². The van der Waals surface area contributed by atoms with Gasteiger partial charge >= 0.3 is 0 Å². The molecule has 2 rings (SSSR count). The maximum absolute atomic E-state index is 12.3. The number of nitrogens with one attached hydrogen (secondary N) is 1. The lowest BCUT2D eigenvalue weighted by Gasteiger charge is -2.30. The average molecular weight is 253 g/mol. The predicted molar refractivity (Wildman–Crippen MR) is 72.2 cm³/mol. The van der Waals surface area contributed by atoms with Crippen molar-refractivity contribution in [2.45, 2.75) is 70.3 Å². The second kappa shape index (κ2) is 7.13. The van der Waals surface area contributed by atoms with E-state index in [1.54, 1.807) is 0 Å². The summed E-state index contributed by atoms with van der Waals surface area (Å²) in [6.45, 7) is 0.169. The van der Waals surface area contributed by atoms with Gasteiger partial charge in [-0.2, -0.15) is 0 Å². The number of aliphatic hydroxyl groups is 1. The highest BCUT2D eigenvalue weighted by molar-refractivity contribution is 5.79. The van der Waals surface area contributed by atoms with Crippen molar-refractivity contribution in [3.05, 3.63) is 0 Å². The number of carbonyl (C=O) groups excluding carboxylic acids is 1. The van der Waals surface area contributed by atoms with Crippen LogP contribution in [0.1, 0.15) is 64.2 Å². The van der Waals surface area contributed by atoms with E-state index in [1.807, 2.05) is 0 Å². The number of amides is 1. The van der Waals surface area contributed by atoms with Crippen LogP contribution in [0.3, 0.4) is 0 Å². The highest BCUT2D eigenvalue weighted by Crippen LogP contribution is 2.30.